The van der Waals surface area contributed by atoms with Gasteiger partial charge in [-0.1, -0.05) is 18.2 Å². The van der Waals surface area contributed by atoms with Gasteiger partial charge in [-0.05, 0) is 42.0 Å². The Morgan fingerprint density at radius 1 is 1.35 bits per heavy atom. The average Bonchev–Trinajstić information content (AvgIpc) is 3.22. The summed E-state index contributed by atoms with van der Waals surface area (Å²) >= 11 is 1.20. The molecule has 2 aromatic rings. The second-order valence-electron chi connectivity index (χ2n) is 6.20. The molecule has 0 bridgehead atoms. The first-order chi connectivity index (χ1) is 12.5. The first kappa shape index (κ1) is 18.9. The Balaban J connectivity index is 1.61. The molecule has 8 heteroatoms. The van der Waals surface area contributed by atoms with E-state index in [2.05, 4.69) is 5.32 Å². The highest BCUT2D eigenvalue weighted by molar-refractivity contribution is 7.91. The van der Waals surface area contributed by atoms with Gasteiger partial charge in [0.15, 0.2) is 0 Å². The van der Waals surface area contributed by atoms with E-state index in [1.165, 1.54) is 15.6 Å². The number of amides is 1. The molecule has 1 aromatic carbocycles. The van der Waals surface area contributed by atoms with E-state index in [4.69, 9.17) is 4.74 Å². The number of carbonyl (C=O) groups excluding carboxylic acids is 1. The first-order valence-electron chi connectivity index (χ1n) is 8.45. The predicted octanol–water partition coefficient (Wildman–Crippen LogP) is 2.47. The molecule has 1 aliphatic rings. The van der Waals surface area contributed by atoms with Gasteiger partial charge in [-0.3, -0.25) is 4.79 Å². The summed E-state index contributed by atoms with van der Waals surface area (Å²) < 4.78 is 32.3. The van der Waals surface area contributed by atoms with Crippen LogP contribution in [0.15, 0.2) is 46.0 Å². The Morgan fingerprint density at radius 3 is 2.92 bits per heavy atom. The maximum atomic E-state index is 12.7. The number of nitrogens with zero attached hydrogens (tertiary/aromatic N) is 1. The summed E-state index contributed by atoms with van der Waals surface area (Å²) in [6.07, 6.45) is 1.38. The summed E-state index contributed by atoms with van der Waals surface area (Å²) in [5.74, 6) is 0.297. The van der Waals surface area contributed by atoms with Crippen LogP contribution >= 0.6 is 11.3 Å². The van der Waals surface area contributed by atoms with Crippen molar-refractivity contribution in [1.82, 2.24) is 9.62 Å². The molecular formula is C18H22N2O4S2. The fraction of sp³-hybridized carbons (Fsp3) is 0.389. The molecule has 26 heavy (non-hydrogen) atoms. The zero-order chi connectivity index (χ0) is 18.6. The van der Waals surface area contributed by atoms with Crippen LogP contribution in [0.5, 0.6) is 5.75 Å². The van der Waals surface area contributed by atoms with Gasteiger partial charge in [-0.2, -0.15) is 4.31 Å². The molecule has 2 heterocycles. The van der Waals surface area contributed by atoms with E-state index in [-0.39, 0.29) is 18.4 Å². The van der Waals surface area contributed by atoms with E-state index in [0.29, 0.717) is 30.1 Å². The fourth-order valence-corrected chi connectivity index (χ4v) is 5.70. The van der Waals surface area contributed by atoms with Gasteiger partial charge >= 0.3 is 0 Å². The van der Waals surface area contributed by atoms with Gasteiger partial charge in [0, 0.05) is 19.6 Å². The maximum absolute atomic E-state index is 12.7. The number of nitrogens with one attached hydrogen (secondary N) is 1. The Hall–Kier alpha value is -1.90. The molecule has 1 amide bonds. The van der Waals surface area contributed by atoms with Crippen LogP contribution in [0.3, 0.4) is 0 Å². The lowest BCUT2D eigenvalue weighted by Crippen LogP contribution is -2.45. The molecule has 6 nitrogen and oxygen atoms in total. The zero-order valence-corrected chi connectivity index (χ0v) is 16.2. The van der Waals surface area contributed by atoms with Gasteiger partial charge in [0.1, 0.15) is 9.96 Å². The quantitative estimate of drug-likeness (QED) is 0.817. The number of ether oxygens (including phenoxy) is 1. The van der Waals surface area contributed by atoms with Gasteiger partial charge in [-0.15, -0.1) is 11.3 Å². The molecule has 1 saturated heterocycles. The number of benzene rings is 1. The molecule has 1 atom stereocenters. The molecular weight excluding hydrogens is 372 g/mol. The van der Waals surface area contributed by atoms with Crippen molar-refractivity contribution < 1.29 is 17.9 Å². The van der Waals surface area contributed by atoms with Crippen LogP contribution in [0.2, 0.25) is 0 Å². The molecule has 0 radical (unpaired) electrons. The Bertz CT molecular complexity index is 850. The SMILES string of the molecule is COc1cccc(CNC(=O)[C@@H]2CCCN(S(=O)(=O)c3cccs3)C2)c1. The monoisotopic (exact) mass is 394 g/mol. The lowest BCUT2D eigenvalue weighted by Gasteiger charge is -2.30. The third-order valence-electron chi connectivity index (χ3n) is 4.45. The predicted molar refractivity (Wildman–Crippen MR) is 101 cm³/mol. The molecule has 1 fully saturated rings. The fourth-order valence-electron chi connectivity index (χ4n) is 3.03. The van der Waals surface area contributed by atoms with Crippen LogP contribution in [0.4, 0.5) is 0 Å². The van der Waals surface area contributed by atoms with Crippen molar-refractivity contribution >= 4 is 27.3 Å². The summed E-state index contributed by atoms with van der Waals surface area (Å²) in [5, 5.41) is 4.66. The van der Waals surface area contributed by atoms with Crippen LogP contribution in [0.1, 0.15) is 18.4 Å². The standard InChI is InChI=1S/C18H22N2O4S2/c1-24-16-7-2-5-14(11-16)12-19-18(21)15-6-3-9-20(13-15)26(22,23)17-8-4-10-25-17/h2,4-5,7-8,10-11,15H,3,6,9,12-13H2,1H3,(H,19,21)/t15-/m1/s1. The van der Waals surface area contributed by atoms with Gasteiger partial charge in [0.05, 0.1) is 13.0 Å². The third-order valence-corrected chi connectivity index (χ3v) is 7.68. The normalized spacial score (nSPS) is 18.4. The highest BCUT2D eigenvalue weighted by atomic mass is 32.2. The summed E-state index contributed by atoms with van der Waals surface area (Å²) in [4.78, 5) is 12.5. The zero-order valence-electron chi connectivity index (χ0n) is 14.6. The highest BCUT2D eigenvalue weighted by Crippen LogP contribution is 2.26. The molecule has 0 unspecified atom stereocenters. The second kappa shape index (κ2) is 8.20. The van der Waals surface area contributed by atoms with Crippen molar-refractivity contribution in [2.24, 2.45) is 5.92 Å². The summed E-state index contributed by atoms with van der Waals surface area (Å²) in [6.45, 7) is 1.08. The molecule has 0 saturated carbocycles. The van der Waals surface area contributed by atoms with Gasteiger partial charge in [0.2, 0.25) is 5.91 Å². The highest BCUT2D eigenvalue weighted by Gasteiger charge is 2.33. The number of methoxy groups -OCH3 is 1. The van der Waals surface area contributed by atoms with Gasteiger partial charge < -0.3 is 10.1 Å². The topological polar surface area (TPSA) is 75.7 Å². The average molecular weight is 395 g/mol. The lowest BCUT2D eigenvalue weighted by atomic mass is 9.99. The van der Waals surface area contributed by atoms with Gasteiger partial charge in [-0.25, -0.2) is 8.42 Å². The van der Waals surface area contributed by atoms with E-state index in [0.717, 1.165) is 11.3 Å². The molecule has 1 N–H and O–H groups in total. The van der Waals surface area contributed by atoms with E-state index >= 15 is 0 Å². The van der Waals surface area contributed by atoms with Gasteiger partial charge in [0.25, 0.3) is 10.0 Å². The van der Waals surface area contributed by atoms with Crippen LogP contribution in [0.25, 0.3) is 0 Å². The van der Waals surface area contributed by atoms with Crippen molar-refractivity contribution in [2.45, 2.75) is 23.6 Å². The smallest absolute Gasteiger partial charge is 0.252 e. The minimum atomic E-state index is -3.51. The molecule has 140 valence electrons. The lowest BCUT2D eigenvalue weighted by molar-refractivity contribution is -0.126. The molecule has 1 aromatic heterocycles. The van der Waals surface area contributed by atoms with E-state index in [1.807, 2.05) is 24.3 Å². The van der Waals surface area contributed by atoms with Crippen molar-refractivity contribution in [3.8, 4) is 5.75 Å². The number of carbonyl (C=O) groups is 1. The minimum absolute atomic E-state index is 0.112. The number of piperidine rings is 1. The molecule has 1 aliphatic heterocycles. The summed E-state index contributed by atoms with van der Waals surface area (Å²) in [7, 11) is -1.91. The Morgan fingerprint density at radius 2 is 2.19 bits per heavy atom. The third kappa shape index (κ3) is 4.25. The van der Waals surface area contributed by atoms with Crippen molar-refractivity contribution in [3.63, 3.8) is 0 Å². The summed E-state index contributed by atoms with van der Waals surface area (Å²) in [5.41, 5.74) is 0.941. The number of thiophene rings is 1. The largest absolute Gasteiger partial charge is 0.497 e. The summed E-state index contributed by atoms with van der Waals surface area (Å²) in [6, 6.07) is 10.8. The number of sulfonamides is 1. The minimum Gasteiger partial charge on any atom is -0.497 e. The van der Waals surface area contributed by atoms with Crippen LogP contribution in [-0.2, 0) is 21.4 Å². The van der Waals surface area contributed by atoms with Crippen LogP contribution < -0.4 is 10.1 Å². The van der Waals surface area contributed by atoms with Crippen molar-refractivity contribution in [1.29, 1.82) is 0 Å². The van der Waals surface area contributed by atoms with Crippen LogP contribution in [0, 0.1) is 5.92 Å². The number of hydrogen-bond donors (Lipinski definition) is 1. The van der Waals surface area contributed by atoms with Crippen molar-refractivity contribution in [2.75, 3.05) is 20.2 Å². The maximum Gasteiger partial charge on any atom is 0.252 e. The number of rotatable bonds is 6. The van der Waals surface area contributed by atoms with Crippen LogP contribution in [-0.4, -0.2) is 38.8 Å². The van der Waals surface area contributed by atoms with E-state index in [1.54, 1.807) is 24.6 Å². The molecule has 3 rings (SSSR count). The van der Waals surface area contributed by atoms with Crippen molar-refractivity contribution in [3.05, 3.63) is 47.3 Å². The number of hydrogen-bond acceptors (Lipinski definition) is 5. The Labute approximate surface area is 157 Å². The first-order valence-corrected chi connectivity index (χ1v) is 10.8. The second-order valence-corrected chi connectivity index (χ2v) is 9.32. The Kier molecular flexibility index (Phi) is 5.95. The molecule has 0 spiro atoms. The van der Waals surface area contributed by atoms with E-state index < -0.39 is 10.0 Å². The van der Waals surface area contributed by atoms with E-state index in [9.17, 15) is 13.2 Å². The molecule has 0 aliphatic carbocycles.